The highest BCUT2D eigenvalue weighted by Crippen LogP contribution is 2.36. The molecule has 0 fully saturated rings. The average Bonchev–Trinajstić information content (AvgIpc) is 2.63. The van der Waals surface area contributed by atoms with Gasteiger partial charge in [-0.15, -0.1) is 0 Å². The lowest BCUT2D eigenvalue weighted by atomic mass is 10.0. The van der Waals surface area contributed by atoms with Crippen molar-refractivity contribution >= 4 is 0 Å². The van der Waals surface area contributed by atoms with Gasteiger partial charge in [-0.1, -0.05) is 72.3 Å². The molecule has 0 saturated heterocycles. The van der Waals surface area contributed by atoms with Crippen LogP contribution in [0.25, 0.3) is 0 Å². The second-order valence-corrected chi connectivity index (χ2v) is 7.63. The van der Waals surface area contributed by atoms with Crippen LogP contribution in [0.2, 0.25) is 0 Å². The molecule has 0 atom stereocenters. The highest BCUT2D eigenvalue weighted by molar-refractivity contribution is 5.44. The Balaban J connectivity index is 1.71. The first-order valence-corrected chi connectivity index (χ1v) is 9.29. The third kappa shape index (κ3) is 3.51. The molecule has 132 valence electrons. The van der Waals surface area contributed by atoms with Crippen molar-refractivity contribution in [2.45, 2.75) is 33.5 Å². The second kappa shape index (κ2) is 6.97. The summed E-state index contributed by atoms with van der Waals surface area (Å²) in [6.07, 6.45) is 0. The summed E-state index contributed by atoms with van der Waals surface area (Å²) in [5.74, 6) is 1.09. The van der Waals surface area contributed by atoms with Crippen LogP contribution in [0.4, 0.5) is 0 Å². The molecule has 0 unspecified atom stereocenters. The summed E-state index contributed by atoms with van der Waals surface area (Å²) in [7, 11) is 0. The number of quaternary nitrogens is 1. The SMILES string of the molecule is Cc1cc(C)c2c(c1)C[N+](Cc1ccccc1)(Cc1ccccc1)CO2. The summed E-state index contributed by atoms with van der Waals surface area (Å²) >= 11 is 0. The van der Waals surface area contributed by atoms with Gasteiger partial charge in [-0.05, 0) is 25.5 Å². The predicted molar refractivity (Wildman–Crippen MR) is 106 cm³/mol. The van der Waals surface area contributed by atoms with Crippen molar-refractivity contribution < 1.29 is 9.22 Å². The van der Waals surface area contributed by atoms with Crippen LogP contribution in [0, 0.1) is 13.8 Å². The molecule has 1 aliphatic heterocycles. The van der Waals surface area contributed by atoms with Crippen molar-refractivity contribution in [1.29, 1.82) is 0 Å². The monoisotopic (exact) mass is 344 g/mol. The van der Waals surface area contributed by atoms with E-state index in [-0.39, 0.29) is 0 Å². The molecule has 1 aliphatic rings. The van der Waals surface area contributed by atoms with Crippen molar-refractivity contribution in [2.75, 3.05) is 6.73 Å². The van der Waals surface area contributed by atoms with Crippen LogP contribution >= 0.6 is 0 Å². The Morgan fingerprint density at radius 2 is 1.38 bits per heavy atom. The number of benzene rings is 3. The number of ether oxygens (including phenoxy) is 1. The average molecular weight is 344 g/mol. The van der Waals surface area contributed by atoms with E-state index < -0.39 is 0 Å². The normalized spacial score (nSPS) is 15.2. The first-order valence-electron chi connectivity index (χ1n) is 9.29. The molecule has 0 saturated carbocycles. The number of nitrogens with zero attached hydrogens (tertiary/aromatic N) is 1. The third-order valence-corrected chi connectivity index (χ3v) is 5.21. The van der Waals surface area contributed by atoms with E-state index in [0.29, 0.717) is 6.73 Å². The molecule has 0 radical (unpaired) electrons. The van der Waals surface area contributed by atoms with Gasteiger partial charge in [-0.2, -0.15) is 0 Å². The molecule has 0 aromatic heterocycles. The van der Waals surface area contributed by atoms with Crippen molar-refractivity contribution in [3.63, 3.8) is 0 Å². The zero-order chi connectivity index (χ0) is 18.0. The fourth-order valence-corrected chi connectivity index (χ4v) is 4.18. The van der Waals surface area contributed by atoms with Crippen LogP contribution in [0.15, 0.2) is 72.8 Å². The molecule has 26 heavy (non-hydrogen) atoms. The van der Waals surface area contributed by atoms with Crippen LogP contribution in [-0.4, -0.2) is 11.2 Å². The Hall–Kier alpha value is -2.58. The molecule has 4 rings (SSSR count). The van der Waals surface area contributed by atoms with Gasteiger partial charge in [-0.3, -0.25) is 4.48 Å². The summed E-state index contributed by atoms with van der Waals surface area (Å²) < 4.78 is 7.23. The molecule has 0 spiro atoms. The van der Waals surface area contributed by atoms with Crippen LogP contribution in [0.5, 0.6) is 5.75 Å². The zero-order valence-corrected chi connectivity index (χ0v) is 15.6. The van der Waals surface area contributed by atoms with Crippen LogP contribution in [-0.2, 0) is 19.6 Å². The molecule has 3 aromatic rings. The van der Waals surface area contributed by atoms with Crippen LogP contribution < -0.4 is 4.74 Å². The zero-order valence-electron chi connectivity index (χ0n) is 15.6. The van der Waals surface area contributed by atoms with E-state index in [4.69, 9.17) is 4.74 Å². The second-order valence-electron chi connectivity index (χ2n) is 7.63. The Morgan fingerprint density at radius 3 is 1.96 bits per heavy atom. The smallest absolute Gasteiger partial charge is 0.224 e. The van der Waals surface area contributed by atoms with Crippen molar-refractivity contribution in [3.05, 3.63) is 101 Å². The summed E-state index contributed by atoms with van der Waals surface area (Å²) in [6.45, 7) is 7.98. The number of rotatable bonds is 4. The molecule has 3 aromatic carbocycles. The van der Waals surface area contributed by atoms with E-state index in [9.17, 15) is 0 Å². The molecule has 1 heterocycles. The quantitative estimate of drug-likeness (QED) is 0.578. The summed E-state index contributed by atoms with van der Waals surface area (Å²) in [5.41, 5.74) is 6.61. The highest BCUT2D eigenvalue weighted by Gasteiger charge is 2.35. The molecule has 0 bridgehead atoms. The fourth-order valence-electron chi connectivity index (χ4n) is 4.18. The van der Waals surface area contributed by atoms with Gasteiger partial charge in [0.1, 0.15) is 25.4 Å². The van der Waals surface area contributed by atoms with Gasteiger partial charge < -0.3 is 4.74 Å². The Morgan fingerprint density at radius 1 is 0.808 bits per heavy atom. The van der Waals surface area contributed by atoms with Gasteiger partial charge in [0.2, 0.25) is 6.73 Å². The maximum Gasteiger partial charge on any atom is 0.224 e. The number of hydrogen-bond acceptors (Lipinski definition) is 1. The Kier molecular flexibility index (Phi) is 4.52. The first kappa shape index (κ1) is 16.9. The minimum Gasteiger partial charge on any atom is -0.444 e. The third-order valence-electron chi connectivity index (χ3n) is 5.21. The van der Waals surface area contributed by atoms with Crippen molar-refractivity contribution in [3.8, 4) is 5.75 Å². The molecule has 2 nitrogen and oxygen atoms in total. The van der Waals surface area contributed by atoms with Crippen molar-refractivity contribution in [2.24, 2.45) is 0 Å². The molecule has 0 amide bonds. The van der Waals surface area contributed by atoms with E-state index >= 15 is 0 Å². The van der Waals surface area contributed by atoms with E-state index in [0.717, 1.165) is 29.9 Å². The Bertz CT molecular complexity index is 845. The topological polar surface area (TPSA) is 9.23 Å². The largest absolute Gasteiger partial charge is 0.444 e. The van der Waals surface area contributed by atoms with Gasteiger partial charge in [0.15, 0.2) is 0 Å². The highest BCUT2D eigenvalue weighted by atomic mass is 16.5. The van der Waals surface area contributed by atoms with Gasteiger partial charge in [0.05, 0.1) is 0 Å². The number of hydrogen-bond donors (Lipinski definition) is 0. The lowest BCUT2D eigenvalue weighted by Gasteiger charge is -2.42. The fraction of sp³-hybridized carbons (Fsp3) is 0.250. The molecule has 0 N–H and O–H groups in total. The predicted octanol–water partition coefficient (Wildman–Crippen LogP) is 5.37. The maximum absolute atomic E-state index is 6.34. The van der Waals surface area contributed by atoms with E-state index in [1.807, 2.05) is 0 Å². The summed E-state index contributed by atoms with van der Waals surface area (Å²) in [5, 5.41) is 0. The van der Waals surface area contributed by atoms with E-state index in [1.54, 1.807) is 0 Å². The lowest BCUT2D eigenvalue weighted by Crippen LogP contribution is -2.50. The minimum absolute atomic E-state index is 0.709. The molecule has 0 aliphatic carbocycles. The van der Waals surface area contributed by atoms with Crippen LogP contribution in [0.1, 0.15) is 27.8 Å². The lowest BCUT2D eigenvalue weighted by molar-refractivity contribution is -0.982. The van der Waals surface area contributed by atoms with E-state index in [2.05, 4.69) is 86.6 Å². The van der Waals surface area contributed by atoms with Crippen molar-refractivity contribution in [1.82, 2.24) is 0 Å². The molecular weight excluding hydrogens is 318 g/mol. The molecule has 2 heteroatoms. The van der Waals surface area contributed by atoms with Gasteiger partial charge in [-0.25, -0.2) is 0 Å². The summed E-state index contributed by atoms with van der Waals surface area (Å²) in [4.78, 5) is 0. The maximum atomic E-state index is 6.34. The number of aryl methyl sites for hydroxylation is 2. The standard InChI is InChI=1S/C24H26NO/c1-19-13-20(2)24-23(14-19)17-25(18-26-24,15-21-9-5-3-6-10-21)16-22-11-7-4-8-12-22/h3-14H,15-18H2,1-2H3/q+1. The van der Waals surface area contributed by atoms with E-state index in [1.165, 1.54) is 27.8 Å². The minimum atomic E-state index is 0.709. The van der Waals surface area contributed by atoms with Gasteiger partial charge in [0.25, 0.3) is 0 Å². The first-order chi connectivity index (χ1) is 12.6. The van der Waals surface area contributed by atoms with Gasteiger partial charge in [0, 0.05) is 16.7 Å². The summed E-state index contributed by atoms with van der Waals surface area (Å²) in [6, 6.07) is 26.1. The Labute approximate surface area is 156 Å². The number of fused-ring (bicyclic) bond motifs is 1. The van der Waals surface area contributed by atoms with Crippen LogP contribution in [0.3, 0.4) is 0 Å². The van der Waals surface area contributed by atoms with Gasteiger partial charge >= 0.3 is 0 Å². The molecular formula is C24H26NO+.